The average molecular weight is 247 g/mol. The van der Waals surface area contributed by atoms with Crippen molar-refractivity contribution in [3.05, 3.63) is 35.9 Å². The van der Waals surface area contributed by atoms with Crippen molar-refractivity contribution in [1.29, 1.82) is 0 Å². The summed E-state index contributed by atoms with van der Waals surface area (Å²) in [6, 6.07) is 10.7. The maximum absolute atomic E-state index is 6.18. The molecule has 0 aliphatic rings. The van der Waals surface area contributed by atoms with Crippen molar-refractivity contribution < 1.29 is 0 Å². The summed E-state index contributed by atoms with van der Waals surface area (Å²) in [6.07, 6.45) is 12.1. The lowest BCUT2D eigenvalue weighted by atomic mass is 10.0. The van der Waals surface area contributed by atoms with Crippen molar-refractivity contribution in [2.45, 2.75) is 70.8 Å². The molecule has 102 valence electrons. The fraction of sp³-hybridized carbons (Fsp3) is 0.647. The fourth-order valence-electron chi connectivity index (χ4n) is 2.37. The van der Waals surface area contributed by atoms with Crippen LogP contribution < -0.4 is 5.73 Å². The van der Waals surface area contributed by atoms with Gasteiger partial charge in [-0.25, -0.2) is 0 Å². The van der Waals surface area contributed by atoms with Gasteiger partial charge in [-0.3, -0.25) is 0 Å². The van der Waals surface area contributed by atoms with Crippen LogP contribution in [0.4, 0.5) is 0 Å². The molecule has 0 heterocycles. The van der Waals surface area contributed by atoms with E-state index >= 15 is 0 Å². The minimum atomic E-state index is 0.228. The van der Waals surface area contributed by atoms with Crippen LogP contribution in [0.15, 0.2) is 30.3 Å². The molecule has 0 amide bonds. The highest BCUT2D eigenvalue weighted by molar-refractivity contribution is 5.18. The molecular weight excluding hydrogens is 218 g/mol. The molecule has 1 atom stereocenters. The Hall–Kier alpha value is -0.820. The van der Waals surface area contributed by atoms with E-state index in [2.05, 4.69) is 31.2 Å². The smallest absolute Gasteiger partial charge is 0.0294 e. The molecule has 0 aromatic heterocycles. The van der Waals surface area contributed by atoms with Gasteiger partial charge in [-0.15, -0.1) is 0 Å². The largest absolute Gasteiger partial charge is 0.324 e. The van der Waals surface area contributed by atoms with E-state index in [0.29, 0.717) is 0 Å². The summed E-state index contributed by atoms with van der Waals surface area (Å²) in [5.74, 6) is 0. The Balaban J connectivity index is 1.98. The Morgan fingerprint density at radius 1 is 0.833 bits per heavy atom. The van der Waals surface area contributed by atoms with Gasteiger partial charge in [0.25, 0.3) is 0 Å². The summed E-state index contributed by atoms with van der Waals surface area (Å²) in [6.45, 7) is 2.27. The van der Waals surface area contributed by atoms with Gasteiger partial charge in [0.1, 0.15) is 0 Å². The Morgan fingerprint density at radius 3 is 2.00 bits per heavy atom. The number of rotatable bonds is 10. The molecule has 18 heavy (non-hydrogen) atoms. The monoisotopic (exact) mass is 247 g/mol. The quantitative estimate of drug-likeness (QED) is 0.564. The van der Waals surface area contributed by atoms with Crippen LogP contribution in [-0.2, 0) is 0 Å². The van der Waals surface area contributed by atoms with Crippen molar-refractivity contribution in [3.8, 4) is 0 Å². The third-order valence-electron chi connectivity index (χ3n) is 3.60. The van der Waals surface area contributed by atoms with E-state index in [9.17, 15) is 0 Å². The lowest BCUT2D eigenvalue weighted by molar-refractivity contribution is 0.536. The SMILES string of the molecule is CCCCCCCCCCC(N)c1ccccc1. The fourth-order valence-corrected chi connectivity index (χ4v) is 2.37. The van der Waals surface area contributed by atoms with Gasteiger partial charge < -0.3 is 5.73 Å². The third kappa shape index (κ3) is 6.80. The zero-order valence-corrected chi connectivity index (χ0v) is 11.9. The van der Waals surface area contributed by atoms with Gasteiger partial charge in [0.2, 0.25) is 0 Å². The van der Waals surface area contributed by atoms with Gasteiger partial charge >= 0.3 is 0 Å². The van der Waals surface area contributed by atoms with E-state index in [1.165, 1.54) is 56.9 Å². The maximum Gasteiger partial charge on any atom is 0.0294 e. The molecule has 1 aromatic carbocycles. The van der Waals surface area contributed by atoms with Gasteiger partial charge in [-0.05, 0) is 12.0 Å². The molecule has 0 saturated heterocycles. The van der Waals surface area contributed by atoms with Crippen LogP contribution in [0.25, 0.3) is 0 Å². The average Bonchev–Trinajstić information content (AvgIpc) is 2.42. The normalized spacial score (nSPS) is 12.6. The van der Waals surface area contributed by atoms with Crippen LogP contribution in [0.2, 0.25) is 0 Å². The van der Waals surface area contributed by atoms with E-state index in [1.54, 1.807) is 0 Å². The van der Waals surface area contributed by atoms with E-state index in [-0.39, 0.29) is 6.04 Å². The van der Waals surface area contributed by atoms with Gasteiger partial charge in [0.05, 0.1) is 0 Å². The van der Waals surface area contributed by atoms with Crippen LogP contribution in [-0.4, -0.2) is 0 Å². The summed E-state index contributed by atoms with van der Waals surface area (Å²) in [5.41, 5.74) is 7.45. The Morgan fingerprint density at radius 2 is 1.39 bits per heavy atom. The van der Waals surface area contributed by atoms with Crippen molar-refractivity contribution in [3.63, 3.8) is 0 Å². The molecule has 1 rings (SSSR count). The van der Waals surface area contributed by atoms with Crippen LogP contribution >= 0.6 is 0 Å². The van der Waals surface area contributed by atoms with Crippen LogP contribution in [0.3, 0.4) is 0 Å². The summed E-state index contributed by atoms with van der Waals surface area (Å²) < 4.78 is 0. The second-order valence-electron chi connectivity index (χ2n) is 5.28. The minimum absolute atomic E-state index is 0.228. The molecule has 0 fully saturated rings. The number of nitrogens with two attached hydrogens (primary N) is 1. The molecule has 1 aromatic rings. The number of unbranched alkanes of at least 4 members (excludes halogenated alkanes) is 7. The zero-order chi connectivity index (χ0) is 13.1. The number of benzene rings is 1. The highest BCUT2D eigenvalue weighted by atomic mass is 14.6. The van der Waals surface area contributed by atoms with Crippen LogP contribution in [0.5, 0.6) is 0 Å². The summed E-state index contributed by atoms with van der Waals surface area (Å²) in [4.78, 5) is 0. The van der Waals surface area contributed by atoms with Gasteiger partial charge in [0, 0.05) is 6.04 Å². The van der Waals surface area contributed by atoms with E-state index in [4.69, 9.17) is 5.73 Å². The number of hydrogen-bond donors (Lipinski definition) is 1. The van der Waals surface area contributed by atoms with Crippen LogP contribution in [0.1, 0.15) is 76.3 Å². The third-order valence-corrected chi connectivity index (χ3v) is 3.60. The van der Waals surface area contributed by atoms with Gasteiger partial charge in [-0.2, -0.15) is 0 Å². The lowest BCUT2D eigenvalue weighted by Crippen LogP contribution is -2.09. The first-order valence-corrected chi connectivity index (χ1v) is 7.65. The minimum Gasteiger partial charge on any atom is -0.324 e. The summed E-state index contributed by atoms with van der Waals surface area (Å²) in [7, 11) is 0. The molecule has 0 radical (unpaired) electrons. The Labute approximate surface area is 113 Å². The first-order chi connectivity index (χ1) is 8.84. The standard InChI is InChI=1S/C17H29N/c1-2-3-4-5-6-7-8-12-15-17(18)16-13-10-9-11-14-16/h9-11,13-14,17H,2-8,12,15,18H2,1H3. The molecule has 0 spiro atoms. The molecule has 1 nitrogen and oxygen atoms in total. The lowest BCUT2D eigenvalue weighted by Gasteiger charge is -2.11. The van der Waals surface area contributed by atoms with Crippen LogP contribution in [0, 0.1) is 0 Å². The molecule has 0 bridgehead atoms. The van der Waals surface area contributed by atoms with E-state index in [0.717, 1.165) is 6.42 Å². The van der Waals surface area contributed by atoms with Crippen molar-refractivity contribution in [2.75, 3.05) is 0 Å². The molecule has 0 aliphatic carbocycles. The summed E-state index contributed by atoms with van der Waals surface area (Å²) >= 11 is 0. The van der Waals surface area contributed by atoms with Gasteiger partial charge in [-0.1, -0.05) is 88.6 Å². The molecule has 2 N–H and O–H groups in total. The first kappa shape index (κ1) is 15.2. The van der Waals surface area contributed by atoms with Crippen molar-refractivity contribution in [1.82, 2.24) is 0 Å². The second kappa shape index (κ2) is 10.1. The maximum atomic E-state index is 6.18. The summed E-state index contributed by atoms with van der Waals surface area (Å²) in [5, 5.41) is 0. The van der Waals surface area contributed by atoms with Crippen molar-refractivity contribution >= 4 is 0 Å². The molecule has 0 saturated carbocycles. The highest BCUT2D eigenvalue weighted by Gasteiger charge is 2.04. The first-order valence-electron chi connectivity index (χ1n) is 7.65. The predicted octanol–water partition coefficient (Wildman–Crippen LogP) is 5.22. The van der Waals surface area contributed by atoms with E-state index in [1.807, 2.05) is 6.07 Å². The Kier molecular flexibility index (Phi) is 8.58. The Bertz CT molecular complexity index is 281. The zero-order valence-electron chi connectivity index (χ0n) is 11.9. The molecule has 1 unspecified atom stereocenters. The van der Waals surface area contributed by atoms with Crippen molar-refractivity contribution in [2.24, 2.45) is 5.73 Å². The highest BCUT2D eigenvalue weighted by Crippen LogP contribution is 2.17. The predicted molar refractivity (Wildman–Crippen MR) is 80.6 cm³/mol. The van der Waals surface area contributed by atoms with E-state index < -0.39 is 0 Å². The molecule has 1 heteroatoms. The second-order valence-corrected chi connectivity index (χ2v) is 5.28. The number of hydrogen-bond acceptors (Lipinski definition) is 1. The van der Waals surface area contributed by atoms with Gasteiger partial charge in [0.15, 0.2) is 0 Å². The molecule has 0 aliphatic heterocycles. The molecular formula is C17H29N. The topological polar surface area (TPSA) is 26.0 Å².